The van der Waals surface area contributed by atoms with E-state index in [-0.39, 0.29) is 5.92 Å². The van der Waals surface area contributed by atoms with E-state index < -0.39 is 11.5 Å². The van der Waals surface area contributed by atoms with Crippen LogP contribution in [0.3, 0.4) is 0 Å². The Kier molecular flexibility index (Phi) is 4.39. The standard InChI is InChI=1S/C11H18BNO2/c1-2-9-8-11(9,10(14)15)13-7-5-3-4-6-12/h2,9,13H,1,3-8H2,(H,14,15)/t9-,11+/m0/s1. The van der Waals surface area contributed by atoms with Crippen LogP contribution >= 0.6 is 0 Å². The van der Waals surface area contributed by atoms with Crippen LogP contribution in [0.15, 0.2) is 12.7 Å². The van der Waals surface area contributed by atoms with Crippen molar-refractivity contribution in [2.45, 2.75) is 37.5 Å². The molecule has 0 saturated heterocycles. The summed E-state index contributed by atoms with van der Waals surface area (Å²) in [5.41, 5.74) is -0.718. The summed E-state index contributed by atoms with van der Waals surface area (Å²) in [4.78, 5) is 11.0. The number of aliphatic carboxylic acids is 1. The van der Waals surface area contributed by atoms with E-state index in [2.05, 4.69) is 11.9 Å². The number of hydrogen-bond acceptors (Lipinski definition) is 2. The molecule has 1 fully saturated rings. The van der Waals surface area contributed by atoms with Crippen LogP contribution in [-0.2, 0) is 4.79 Å². The van der Waals surface area contributed by atoms with Crippen LogP contribution in [0.2, 0.25) is 6.32 Å². The summed E-state index contributed by atoms with van der Waals surface area (Å²) in [6, 6.07) is 0. The van der Waals surface area contributed by atoms with E-state index in [1.807, 2.05) is 0 Å². The summed E-state index contributed by atoms with van der Waals surface area (Å²) in [5, 5.41) is 12.2. The zero-order valence-corrected chi connectivity index (χ0v) is 9.04. The summed E-state index contributed by atoms with van der Waals surface area (Å²) in [7, 11) is 5.37. The molecule has 4 heteroatoms. The molecule has 2 atom stereocenters. The van der Waals surface area contributed by atoms with Gasteiger partial charge in [0.15, 0.2) is 0 Å². The lowest BCUT2D eigenvalue weighted by atomic mass is 9.99. The van der Waals surface area contributed by atoms with Gasteiger partial charge in [-0.15, -0.1) is 6.58 Å². The molecule has 0 amide bonds. The second-order valence-corrected chi connectivity index (χ2v) is 4.10. The van der Waals surface area contributed by atoms with Crippen molar-refractivity contribution >= 4 is 13.8 Å². The minimum Gasteiger partial charge on any atom is -0.480 e. The summed E-state index contributed by atoms with van der Waals surface area (Å²) >= 11 is 0. The number of carbonyl (C=O) groups is 1. The van der Waals surface area contributed by atoms with Crippen molar-refractivity contribution < 1.29 is 9.90 Å². The molecule has 1 saturated carbocycles. The molecule has 0 aromatic heterocycles. The van der Waals surface area contributed by atoms with Crippen molar-refractivity contribution in [1.82, 2.24) is 5.32 Å². The largest absolute Gasteiger partial charge is 0.480 e. The Labute approximate surface area is 92.4 Å². The van der Waals surface area contributed by atoms with E-state index in [9.17, 15) is 4.79 Å². The van der Waals surface area contributed by atoms with Crippen LogP contribution in [0.5, 0.6) is 0 Å². The first-order chi connectivity index (χ1) is 7.17. The average Bonchev–Trinajstić information content (AvgIpc) is 2.93. The van der Waals surface area contributed by atoms with Crippen LogP contribution in [0.25, 0.3) is 0 Å². The molecule has 2 radical (unpaired) electrons. The molecule has 0 bridgehead atoms. The lowest BCUT2D eigenvalue weighted by Gasteiger charge is -2.13. The Hall–Kier alpha value is -0.765. The zero-order valence-electron chi connectivity index (χ0n) is 9.04. The number of carboxylic acid groups (broad SMARTS) is 1. The zero-order chi connectivity index (χ0) is 11.3. The maximum Gasteiger partial charge on any atom is 0.324 e. The van der Waals surface area contributed by atoms with Crippen LogP contribution in [-0.4, -0.2) is 31.0 Å². The van der Waals surface area contributed by atoms with Crippen LogP contribution in [0.1, 0.15) is 25.7 Å². The molecule has 0 aliphatic heterocycles. The third kappa shape index (κ3) is 2.84. The second-order valence-electron chi connectivity index (χ2n) is 4.10. The molecule has 1 rings (SSSR count). The number of rotatable bonds is 8. The lowest BCUT2D eigenvalue weighted by Crippen LogP contribution is -2.41. The molecule has 0 heterocycles. The Morgan fingerprint density at radius 1 is 1.60 bits per heavy atom. The first kappa shape index (κ1) is 12.3. The van der Waals surface area contributed by atoms with Crippen LogP contribution in [0, 0.1) is 5.92 Å². The van der Waals surface area contributed by atoms with Crippen LogP contribution in [0.4, 0.5) is 0 Å². The van der Waals surface area contributed by atoms with Gasteiger partial charge in [0.05, 0.1) is 7.85 Å². The Balaban J connectivity index is 2.24. The van der Waals surface area contributed by atoms with Gasteiger partial charge in [-0.1, -0.05) is 25.2 Å². The highest BCUT2D eigenvalue weighted by atomic mass is 16.4. The molecule has 0 unspecified atom stereocenters. The Morgan fingerprint density at radius 3 is 2.80 bits per heavy atom. The monoisotopic (exact) mass is 207 g/mol. The first-order valence-electron chi connectivity index (χ1n) is 5.48. The highest BCUT2D eigenvalue weighted by molar-refractivity contribution is 6.08. The number of carboxylic acids is 1. The minimum atomic E-state index is -0.758. The number of nitrogens with one attached hydrogen (secondary N) is 1. The van der Waals surface area contributed by atoms with Gasteiger partial charge in [0, 0.05) is 5.92 Å². The quantitative estimate of drug-likeness (QED) is 0.359. The van der Waals surface area contributed by atoms with Gasteiger partial charge in [-0.3, -0.25) is 4.79 Å². The van der Waals surface area contributed by atoms with Gasteiger partial charge in [0.1, 0.15) is 5.54 Å². The van der Waals surface area contributed by atoms with Crippen molar-refractivity contribution in [3.63, 3.8) is 0 Å². The molecular weight excluding hydrogens is 189 g/mol. The smallest absolute Gasteiger partial charge is 0.324 e. The van der Waals surface area contributed by atoms with E-state index >= 15 is 0 Å². The summed E-state index contributed by atoms with van der Waals surface area (Å²) in [5.74, 6) is -0.671. The molecule has 0 aromatic carbocycles. The van der Waals surface area contributed by atoms with Crippen molar-refractivity contribution in [2.24, 2.45) is 5.92 Å². The summed E-state index contributed by atoms with van der Waals surface area (Å²) < 4.78 is 0. The van der Waals surface area contributed by atoms with Gasteiger partial charge < -0.3 is 10.4 Å². The second kappa shape index (κ2) is 5.35. The van der Waals surface area contributed by atoms with E-state index in [4.69, 9.17) is 13.0 Å². The van der Waals surface area contributed by atoms with Gasteiger partial charge in [0.25, 0.3) is 0 Å². The van der Waals surface area contributed by atoms with Gasteiger partial charge in [-0.2, -0.15) is 0 Å². The third-order valence-corrected chi connectivity index (χ3v) is 3.00. The van der Waals surface area contributed by atoms with E-state index in [1.165, 1.54) is 0 Å². The molecule has 0 aromatic rings. The minimum absolute atomic E-state index is 0.0875. The van der Waals surface area contributed by atoms with Gasteiger partial charge in [-0.25, -0.2) is 0 Å². The molecule has 3 nitrogen and oxygen atoms in total. The van der Waals surface area contributed by atoms with E-state index in [0.29, 0.717) is 12.7 Å². The van der Waals surface area contributed by atoms with Gasteiger partial charge in [-0.05, 0) is 19.4 Å². The SMILES string of the molecule is [B]CCCCCN[C@]1(C(=O)O)C[C@@H]1C=C. The van der Waals surface area contributed by atoms with E-state index in [1.54, 1.807) is 6.08 Å². The van der Waals surface area contributed by atoms with Crippen molar-refractivity contribution in [3.8, 4) is 0 Å². The normalized spacial score (nSPS) is 28.7. The summed E-state index contributed by atoms with van der Waals surface area (Å²) in [6.07, 6.45) is 6.14. The highest BCUT2D eigenvalue weighted by Gasteiger charge is 2.58. The fourth-order valence-corrected chi connectivity index (χ4v) is 1.85. The molecule has 0 spiro atoms. The third-order valence-electron chi connectivity index (χ3n) is 3.00. The van der Waals surface area contributed by atoms with Crippen molar-refractivity contribution in [1.29, 1.82) is 0 Å². The fourth-order valence-electron chi connectivity index (χ4n) is 1.85. The highest BCUT2D eigenvalue weighted by Crippen LogP contribution is 2.44. The maximum atomic E-state index is 11.0. The molecule has 82 valence electrons. The van der Waals surface area contributed by atoms with Crippen molar-refractivity contribution in [2.75, 3.05) is 6.54 Å². The first-order valence-corrected chi connectivity index (χ1v) is 5.48. The van der Waals surface area contributed by atoms with E-state index in [0.717, 1.165) is 25.8 Å². The fraction of sp³-hybridized carbons (Fsp3) is 0.727. The van der Waals surface area contributed by atoms with Gasteiger partial charge in [0.2, 0.25) is 0 Å². The van der Waals surface area contributed by atoms with Gasteiger partial charge >= 0.3 is 5.97 Å². The Morgan fingerprint density at radius 2 is 2.33 bits per heavy atom. The Bertz CT molecular complexity index is 245. The number of hydrogen-bond donors (Lipinski definition) is 2. The van der Waals surface area contributed by atoms with Crippen molar-refractivity contribution in [3.05, 3.63) is 12.7 Å². The molecular formula is C11H18BNO2. The topological polar surface area (TPSA) is 49.3 Å². The summed E-state index contributed by atoms with van der Waals surface area (Å²) in [6.45, 7) is 4.38. The number of unbranched alkanes of at least 4 members (excludes halogenated alkanes) is 2. The van der Waals surface area contributed by atoms with Crippen LogP contribution < -0.4 is 5.32 Å². The lowest BCUT2D eigenvalue weighted by molar-refractivity contribution is -0.141. The molecule has 15 heavy (non-hydrogen) atoms. The average molecular weight is 207 g/mol. The molecule has 2 N–H and O–H groups in total. The predicted molar refractivity (Wildman–Crippen MR) is 61.1 cm³/mol. The molecule has 1 aliphatic carbocycles. The molecule has 1 aliphatic rings. The predicted octanol–water partition coefficient (Wildman–Crippen LogP) is 1.36. The maximum absolute atomic E-state index is 11.0.